The molecule has 0 aliphatic carbocycles. The number of hydrogen-bond donors (Lipinski definition) is 2. The lowest BCUT2D eigenvalue weighted by Crippen LogP contribution is -2.21. The van der Waals surface area contributed by atoms with Gasteiger partial charge in [0.2, 0.25) is 5.13 Å². The molecular formula is C15H13F2N5OS3. The van der Waals surface area contributed by atoms with Crippen LogP contribution in [0.5, 0.6) is 0 Å². The van der Waals surface area contributed by atoms with Gasteiger partial charge in [-0.25, -0.2) is 0 Å². The predicted molar refractivity (Wildman–Crippen MR) is 99.7 cm³/mol. The molecule has 1 aromatic carbocycles. The second-order valence-corrected chi connectivity index (χ2v) is 8.06. The number of carbonyl (C=O) groups excluding carboxylic acids is 1. The Balaban J connectivity index is 1.90. The molecule has 1 atom stereocenters. The minimum absolute atomic E-state index is 0.0196. The predicted octanol–water partition coefficient (Wildman–Crippen LogP) is 3.87. The van der Waals surface area contributed by atoms with Gasteiger partial charge in [0.25, 0.3) is 5.76 Å². The minimum Gasteiger partial charge on any atom is -0.401 e. The lowest BCUT2D eigenvalue weighted by Gasteiger charge is -2.05. The van der Waals surface area contributed by atoms with Crippen LogP contribution in [-0.4, -0.2) is 27.5 Å². The number of ketones is 1. The van der Waals surface area contributed by atoms with Crippen LogP contribution in [0.2, 0.25) is 0 Å². The summed E-state index contributed by atoms with van der Waals surface area (Å²) in [6.07, 6.45) is 0. The highest BCUT2D eigenvalue weighted by Gasteiger charge is 2.20. The van der Waals surface area contributed by atoms with Gasteiger partial charge in [-0.15, -0.1) is 10.2 Å². The van der Waals surface area contributed by atoms with Crippen molar-refractivity contribution >= 4 is 51.5 Å². The number of benzene rings is 1. The number of hydrogen-bond acceptors (Lipinski definition) is 9. The molecule has 0 aliphatic heterocycles. The SMILES string of the molecule is C=C(N)[C@H](C#N)C(=O)CSc1nnc(Nc2ccc(SC(F)F)cc2)s1. The third-order valence-electron chi connectivity index (χ3n) is 2.90. The summed E-state index contributed by atoms with van der Waals surface area (Å²) in [4.78, 5) is 12.4. The average molecular weight is 414 g/mol. The lowest BCUT2D eigenvalue weighted by molar-refractivity contribution is -0.117. The van der Waals surface area contributed by atoms with Crippen LogP contribution in [0.3, 0.4) is 0 Å². The molecule has 2 rings (SSSR count). The number of thioether (sulfide) groups is 2. The van der Waals surface area contributed by atoms with Crippen LogP contribution >= 0.6 is 34.9 Å². The fourth-order valence-electron chi connectivity index (χ4n) is 1.74. The van der Waals surface area contributed by atoms with E-state index < -0.39 is 11.7 Å². The molecule has 3 N–H and O–H groups in total. The maximum absolute atomic E-state index is 12.3. The van der Waals surface area contributed by atoms with E-state index in [1.165, 1.54) is 11.3 Å². The van der Waals surface area contributed by atoms with Crippen molar-refractivity contribution in [2.24, 2.45) is 11.7 Å². The summed E-state index contributed by atoms with van der Waals surface area (Å²) in [7, 11) is 0. The standard InChI is InChI=1S/C15H13F2N5OS3/c1-8(19)11(6-18)12(23)7-24-15-22-21-14(26-15)20-9-2-4-10(5-3-9)25-13(16)17/h2-5,11,13H,1,7,19H2,(H,20,21)/t11-/m0/s1. The van der Waals surface area contributed by atoms with Gasteiger partial charge in [-0.3, -0.25) is 4.79 Å². The number of rotatable bonds is 9. The first kappa shape index (κ1) is 20.2. The molecule has 0 spiro atoms. The molecule has 11 heteroatoms. The van der Waals surface area contributed by atoms with E-state index in [9.17, 15) is 13.6 Å². The van der Waals surface area contributed by atoms with Crippen LogP contribution in [0, 0.1) is 17.2 Å². The van der Waals surface area contributed by atoms with Crippen LogP contribution in [0.15, 0.2) is 45.8 Å². The maximum atomic E-state index is 12.3. The Kier molecular flexibility index (Phi) is 7.38. The number of nitrogens with two attached hydrogens (primary N) is 1. The highest BCUT2D eigenvalue weighted by molar-refractivity contribution is 8.01. The van der Waals surface area contributed by atoms with Crippen molar-refractivity contribution in [1.82, 2.24) is 10.2 Å². The molecule has 0 amide bonds. The van der Waals surface area contributed by atoms with Gasteiger partial charge in [0, 0.05) is 16.3 Å². The van der Waals surface area contributed by atoms with Crippen molar-refractivity contribution in [3.05, 3.63) is 36.5 Å². The number of anilines is 2. The van der Waals surface area contributed by atoms with Gasteiger partial charge in [0.15, 0.2) is 10.1 Å². The van der Waals surface area contributed by atoms with Gasteiger partial charge in [0.1, 0.15) is 5.92 Å². The summed E-state index contributed by atoms with van der Waals surface area (Å²) in [6, 6.07) is 8.29. The zero-order chi connectivity index (χ0) is 19.1. The molecule has 0 bridgehead atoms. The number of aromatic nitrogens is 2. The van der Waals surface area contributed by atoms with Crippen LogP contribution in [0.25, 0.3) is 0 Å². The molecule has 0 saturated carbocycles. The van der Waals surface area contributed by atoms with E-state index in [4.69, 9.17) is 11.0 Å². The van der Waals surface area contributed by atoms with Gasteiger partial charge >= 0.3 is 0 Å². The smallest absolute Gasteiger partial charge is 0.288 e. The first-order chi connectivity index (χ1) is 12.4. The number of nitriles is 1. The molecule has 1 aromatic heterocycles. The monoisotopic (exact) mass is 413 g/mol. The zero-order valence-corrected chi connectivity index (χ0v) is 15.6. The van der Waals surface area contributed by atoms with Crippen molar-refractivity contribution in [2.75, 3.05) is 11.1 Å². The van der Waals surface area contributed by atoms with E-state index in [1.807, 2.05) is 6.07 Å². The lowest BCUT2D eigenvalue weighted by atomic mass is 10.1. The summed E-state index contributed by atoms with van der Waals surface area (Å²) in [6.45, 7) is 3.42. The molecule has 0 radical (unpaired) electrons. The molecule has 1 heterocycles. The molecule has 0 unspecified atom stereocenters. The fourth-order valence-corrected chi connectivity index (χ4v) is 3.92. The van der Waals surface area contributed by atoms with Gasteiger partial charge in [-0.05, 0) is 24.3 Å². The van der Waals surface area contributed by atoms with Crippen molar-refractivity contribution < 1.29 is 13.6 Å². The van der Waals surface area contributed by atoms with Crippen molar-refractivity contribution in [2.45, 2.75) is 15.0 Å². The largest absolute Gasteiger partial charge is 0.401 e. The second-order valence-electron chi connectivity index (χ2n) is 4.79. The average Bonchev–Trinajstić information content (AvgIpc) is 3.02. The van der Waals surface area contributed by atoms with Crippen LogP contribution in [0.4, 0.5) is 19.6 Å². The number of halogens is 2. The van der Waals surface area contributed by atoms with E-state index in [2.05, 4.69) is 22.1 Å². The number of allylic oxidation sites excluding steroid dienone is 1. The number of nitrogens with zero attached hydrogens (tertiary/aromatic N) is 3. The molecule has 0 fully saturated rings. The molecule has 26 heavy (non-hydrogen) atoms. The Morgan fingerprint density at radius 3 is 2.65 bits per heavy atom. The fraction of sp³-hybridized carbons (Fsp3) is 0.200. The maximum Gasteiger partial charge on any atom is 0.288 e. The van der Waals surface area contributed by atoms with Crippen molar-refractivity contribution in [3.63, 3.8) is 0 Å². The first-order valence-electron chi connectivity index (χ1n) is 7.04. The Bertz CT molecular complexity index is 819. The number of alkyl halides is 2. The molecule has 136 valence electrons. The Morgan fingerprint density at radius 1 is 1.38 bits per heavy atom. The van der Waals surface area contributed by atoms with E-state index in [-0.39, 0.29) is 17.2 Å². The van der Waals surface area contributed by atoms with Gasteiger partial charge in [-0.1, -0.05) is 41.4 Å². The topological polar surface area (TPSA) is 105 Å². The van der Waals surface area contributed by atoms with Crippen molar-refractivity contribution in [1.29, 1.82) is 5.26 Å². The Hall–Kier alpha value is -2.16. The molecular weight excluding hydrogens is 400 g/mol. The van der Waals surface area contributed by atoms with Crippen LogP contribution in [0.1, 0.15) is 0 Å². The minimum atomic E-state index is -2.46. The normalized spacial score (nSPS) is 11.8. The Labute approximate surface area is 160 Å². The summed E-state index contributed by atoms with van der Waals surface area (Å²) in [5.74, 6) is -3.81. The third kappa shape index (κ3) is 5.98. The van der Waals surface area contributed by atoms with Crippen LogP contribution < -0.4 is 11.1 Å². The molecule has 0 saturated heterocycles. The first-order valence-corrected chi connectivity index (χ1v) is 9.72. The summed E-state index contributed by atoms with van der Waals surface area (Å²) in [5.41, 5.74) is 6.12. The summed E-state index contributed by atoms with van der Waals surface area (Å²) >= 11 is 2.85. The highest BCUT2D eigenvalue weighted by atomic mass is 32.2. The van der Waals surface area contributed by atoms with Crippen LogP contribution in [-0.2, 0) is 4.79 Å². The summed E-state index contributed by atoms with van der Waals surface area (Å²) in [5, 5.41) is 20.3. The zero-order valence-electron chi connectivity index (χ0n) is 13.2. The number of Topliss-reactive ketones (excluding diaryl/α,β-unsaturated/α-hetero) is 1. The molecule has 0 aliphatic rings. The second kappa shape index (κ2) is 9.51. The molecule has 6 nitrogen and oxygen atoms in total. The Morgan fingerprint density at radius 2 is 2.08 bits per heavy atom. The number of nitrogens with one attached hydrogen (secondary N) is 1. The quantitative estimate of drug-likeness (QED) is 0.597. The highest BCUT2D eigenvalue weighted by Crippen LogP contribution is 2.30. The van der Waals surface area contributed by atoms with Crippen molar-refractivity contribution in [3.8, 4) is 6.07 Å². The summed E-state index contributed by atoms with van der Waals surface area (Å²) < 4.78 is 25.1. The third-order valence-corrected chi connectivity index (χ3v) is 5.61. The van der Waals surface area contributed by atoms with Gasteiger partial charge in [0.05, 0.1) is 11.8 Å². The van der Waals surface area contributed by atoms with E-state index >= 15 is 0 Å². The van der Waals surface area contributed by atoms with E-state index in [0.717, 1.165) is 11.8 Å². The molecule has 2 aromatic rings. The number of carbonyl (C=O) groups is 1. The van der Waals surface area contributed by atoms with Gasteiger partial charge < -0.3 is 11.1 Å². The van der Waals surface area contributed by atoms with E-state index in [1.54, 1.807) is 24.3 Å². The van der Waals surface area contributed by atoms with Gasteiger partial charge in [-0.2, -0.15) is 14.0 Å². The van der Waals surface area contributed by atoms with E-state index in [0.29, 0.717) is 31.8 Å².